The van der Waals surface area contributed by atoms with Gasteiger partial charge in [0, 0.05) is 10.9 Å². The second-order valence-corrected chi connectivity index (χ2v) is 7.59. The first-order chi connectivity index (χ1) is 9.84. The Morgan fingerprint density at radius 1 is 1.48 bits per heavy atom. The summed E-state index contributed by atoms with van der Waals surface area (Å²) in [5, 5.41) is 19.4. The molecule has 2 N–H and O–H groups in total. The molecule has 7 heteroatoms. The average Bonchev–Trinajstić information content (AvgIpc) is 2.68. The van der Waals surface area contributed by atoms with E-state index in [9.17, 15) is 19.8 Å². The first-order valence-electron chi connectivity index (χ1n) is 6.66. The summed E-state index contributed by atoms with van der Waals surface area (Å²) in [6, 6.07) is 4.30. The quantitative estimate of drug-likeness (QED) is 0.806. The van der Waals surface area contributed by atoms with E-state index in [4.69, 9.17) is 0 Å². The van der Waals surface area contributed by atoms with Crippen LogP contribution < -0.4 is 0 Å². The number of amides is 1. The highest BCUT2D eigenvalue weighted by atomic mass is 32.2. The Hall–Kier alpha value is -1.60. The largest absolute Gasteiger partial charge is 0.480 e. The third-order valence-electron chi connectivity index (χ3n) is 4.05. The molecule has 2 saturated heterocycles. The number of β-lactam (4-membered cyclic amide) rings is 1. The topological polar surface area (TPSA) is 90.7 Å². The molecule has 21 heavy (non-hydrogen) atoms. The van der Waals surface area contributed by atoms with Crippen molar-refractivity contribution in [3.63, 3.8) is 0 Å². The Bertz CT molecular complexity index is 592. The number of nitrogens with zero attached hydrogens (tertiary/aromatic N) is 2. The SMILES string of the molecule is CC1(C)S[C@@H]2[C@H]([C@@H](O)c3ccccn3)C(=O)N2[C@H]1C(=O)O. The Morgan fingerprint density at radius 2 is 2.19 bits per heavy atom. The fourth-order valence-electron chi connectivity index (χ4n) is 3.07. The average molecular weight is 308 g/mol. The number of carbonyl (C=O) groups is 2. The molecule has 112 valence electrons. The van der Waals surface area contributed by atoms with Gasteiger partial charge in [0.15, 0.2) is 0 Å². The second-order valence-electron chi connectivity index (χ2n) is 5.82. The fourth-order valence-corrected chi connectivity index (χ4v) is 4.78. The highest BCUT2D eigenvalue weighted by Gasteiger charge is 2.65. The van der Waals surface area contributed by atoms with Gasteiger partial charge in [-0.05, 0) is 26.0 Å². The maximum absolute atomic E-state index is 12.3. The molecule has 1 aromatic rings. The summed E-state index contributed by atoms with van der Waals surface area (Å²) in [5.74, 6) is -1.95. The van der Waals surface area contributed by atoms with Gasteiger partial charge in [0.2, 0.25) is 5.91 Å². The summed E-state index contributed by atoms with van der Waals surface area (Å²) in [6.45, 7) is 3.62. The van der Waals surface area contributed by atoms with Crippen LogP contribution in [-0.4, -0.2) is 48.1 Å². The molecule has 4 atom stereocenters. The van der Waals surface area contributed by atoms with E-state index in [-0.39, 0.29) is 11.3 Å². The predicted octanol–water partition coefficient (Wildman–Crippen LogP) is 0.878. The van der Waals surface area contributed by atoms with Crippen LogP contribution in [0.3, 0.4) is 0 Å². The van der Waals surface area contributed by atoms with Gasteiger partial charge in [-0.15, -0.1) is 11.8 Å². The minimum atomic E-state index is -1.01. The van der Waals surface area contributed by atoms with Crippen molar-refractivity contribution in [2.75, 3.05) is 0 Å². The Kier molecular flexibility index (Phi) is 3.22. The maximum Gasteiger partial charge on any atom is 0.327 e. The maximum atomic E-state index is 12.3. The molecule has 1 aromatic heterocycles. The molecule has 0 bridgehead atoms. The molecular formula is C14H16N2O4S. The first-order valence-corrected chi connectivity index (χ1v) is 7.54. The zero-order chi connectivity index (χ0) is 15.4. The third kappa shape index (κ3) is 2.03. The summed E-state index contributed by atoms with van der Waals surface area (Å²) in [6.07, 6.45) is 0.557. The molecule has 2 aliphatic heterocycles. The van der Waals surface area contributed by atoms with E-state index < -0.39 is 28.8 Å². The van der Waals surface area contributed by atoms with Gasteiger partial charge in [-0.3, -0.25) is 9.78 Å². The van der Waals surface area contributed by atoms with Crippen molar-refractivity contribution in [1.29, 1.82) is 0 Å². The van der Waals surface area contributed by atoms with E-state index >= 15 is 0 Å². The van der Waals surface area contributed by atoms with Crippen LogP contribution in [0.4, 0.5) is 0 Å². The number of carbonyl (C=O) groups excluding carboxylic acids is 1. The summed E-state index contributed by atoms with van der Waals surface area (Å²) in [4.78, 5) is 29.2. The molecule has 6 nitrogen and oxygen atoms in total. The van der Waals surface area contributed by atoms with E-state index in [1.54, 1.807) is 24.4 Å². The van der Waals surface area contributed by atoms with Crippen LogP contribution in [0.2, 0.25) is 0 Å². The van der Waals surface area contributed by atoms with Crippen molar-refractivity contribution in [3.05, 3.63) is 30.1 Å². The lowest BCUT2D eigenvalue weighted by Crippen LogP contribution is -2.64. The van der Waals surface area contributed by atoms with E-state index in [0.717, 1.165) is 0 Å². The summed E-state index contributed by atoms with van der Waals surface area (Å²) in [7, 11) is 0. The van der Waals surface area contributed by atoms with Crippen molar-refractivity contribution in [1.82, 2.24) is 9.88 Å². The van der Waals surface area contributed by atoms with Crippen LogP contribution in [-0.2, 0) is 9.59 Å². The number of thioether (sulfide) groups is 1. The monoisotopic (exact) mass is 308 g/mol. The molecule has 0 aliphatic carbocycles. The number of hydrogen-bond donors (Lipinski definition) is 2. The van der Waals surface area contributed by atoms with Crippen LogP contribution in [0.1, 0.15) is 25.6 Å². The molecule has 1 amide bonds. The standard InChI is InChI=1S/C14H16N2O4S/c1-14(2)10(13(19)20)16-11(18)8(12(16)21-14)9(17)7-5-3-4-6-15-7/h3-6,8-10,12,17H,1-2H3,(H,19,20)/t8-,9+,10+,12-/m1/s1. The van der Waals surface area contributed by atoms with Crippen LogP contribution in [0.15, 0.2) is 24.4 Å². The number of aromatic nitrogens is 1. The Balaban J connectivity index is 1.87. The molecule has 3 rings (SSSR count). The zero-order valence-corrected chi connectivity index (χ0v) is 12.4. The number of carboxylic acids is 1. The predicted molar refractivity (Wildman–Crippen MR) is 76.4 cm³/mol. The number of aliphatic hydroxyl groups excluding tert-OH is 1. The number of fused-ring (bicyclic) bond motifs is 1. The lowest BCUT2D eigenvalue weighted by atomic mass is 9.86. The van der Waals surface area contributed by atoms with Gasteiger partial charge < -0.3 is 15.1 Å². The van der Waals surface area contributed by atoms with Gasteiger partial charge in [0.05, 0.1) is 17.0 Å². The van der Waals surface area contributed by atoms with Gasteiger partial charge in [-0.25, -0.2) is 4.79 Å². The molecule has 0 radical (unpaired) electrons. The summed E-state index contributed by atoms with van der Waals surface area (Å²) >= 11 is 1.43. The molecule has 0 unspecified atom stereocenters. The minimum Gasteiger partial charge on any atom is -0.480 e. The van der Waals surface area contributed by atoms with Crippen LogP contribution >= 0.6 is 11.8 Å². The van der Waals surface area contributed by atoms with Gasteiger partial charge in [-0.2, -0.15) is 0 Å². The molecule has 0 saturated carbocycles. The zero-order valence-electron chi connectivity index (χ0n) is 11.6. The number of aliphatic hydroxyl groups is 1. The van der Waals surface area contributed by atoms with Gasteiger partial charge in [0.25, 0.3) is 0 Å². The second kappa shape index (κ2) is 4.71. The van der Waals surface area contributed by atoms with Gasteiger partial charge >= 0.3 is 5.97 Å². The lowest BCUT2D eigenvalue weighted by Gasteiger charge is -2.45. The first kappa shape index (κ1) is 14.3. The number of carboxylic acid groups (broad SMARTS) is 1. The Morgan fingerprint density at radius 3 is 2.76 bits per heavy atom. The smallest absolute Gasteiger partial charge is 0.327 e. The molecule has 0 aromatic carbocycles. The number of hydrogen-bond acceptors (Lipinski definition) is 5. The lowest BCUT2D eigenvalue weighted by molar-refractivity contribution is -0.169. The van der Waals surface area contributed by atoms with Crippen molar-refractivity contribution in [3.8, 4) is 0 Å². The van der Waals surface area contributed by atoms with E-state index in [0.29, 0.717) is 5.69 Å². The van der Waals surface area contributed by atoms with Crippen LogP contribution in [0.25, 0.3) is 0 Å². The van der Waals surface area contributed by atoms with E-state index in [1.807, 2.05) is 13.8 Å². The number of rotatable bonds is 3. The van der Waals surface area contributed by atoms with Crippen molar-refractivity contribution >= 4 is 23.6 Å². The normalized spacial score (nSPS) is 31.5. The van der Waals surface area contributed by atoms with E-state index in [2.05, 4.69) is 4.98 Å². The molecule has 2 aliphatic rings. The molecule has 0 spiro atoms. The molecular weight excluding hydrogens is 292 g/mol. The van der Waals surface area contributed by atoms with Crippen LogP contribution in [0.5, 0.6) is 0 Å². The summed E-state index contributed by atoms with van der Waals surface area (Å²) < 4.78 is -0.579. The Labute approximate surface area is 126 Å². The highest BCUT2D eigenvalue weighted by molar-refractivity contribution is 8.01. The van der Waals surface area contributed by atoms with Crippen molar-refractivity contribution < 1.29 is 19.8 Å². The highest BCUT2D eigenvalue weighted by Crippen LogP contribution is 2.55. The number of pyridine rings is 1. The fraction of sp³-hybridized carbons (Fsp3) is 0.500. The van der Waals surface area contributed by atoms with Gasteiger partial charge in [0.1, 0.15) is 12.1 Å². The van der Waals surface area contributed by atoms with Crippen LogP contribution in [0, 0.1) is 5.92 Å². The third-order valence-corrected chi connectivity index (χ3v) is 5.64. The number of aliphatic carboxylic acids is 1. The molecule has 3 heterocycles. The minimum absolute atomic E-state index is 0.314. The molecule has 2 fully saturated rings. The van der Waals surface area contributed by atoms with Gasteiger partial charge in [-0.1, -0.05) is 6.07 Å². The van der Waals surface area contributed by atoms with E-state index in [1.165, 1.54) is 16.7 Å². The van der Waals surface area contributed by atoms with Crippen molar-refractivity contribution in [2.45, 2.75) is 36.1 Å². The summed E-state index contributed by atoms with van der Waals surface area (Å²) in [5.41, 5.74) is 0.438. The van der Waals surface area contributed by atoms with Crippen molar-refractivity contribution in [2.24, 2.45) is 5.92 Å².